The number of hydrogen-bond acceptors (Lipinski definition) is 2. The molecule has 34 heavy (non-hydrogen) atoms. The van der Waals surface area contributed by atoms with E-state index in [0.717, 1.165) is 19.3 Å². The zero-order valence-corrected chi connectivity index (χ0v) is 21.4. The van der Waals surface area contributed by atoms with Crippen molar-refractivity contribution in [3.05, 3.63) is 83.9 Å². The number of allylic oxidation sites excluding steroid dienone is 3. The van der Waals surface area contributed by atoms with E-state index in [4.69, 9.17) is 4.74 Å². The highest BCUT2D eigenvalue weighted by Crippen LogP contribution is 2.46. The molecule has 0 aromatic heterocycles. The van der Waals surface area contributed by atoms with Gasteiger partial charge in [-0.3, -0.25) is 4.79 Å². The summed E-state index contributed by atoms with van der Waals surface area (Å²) >= 11 is 0. The van der Waals surface area contributed by atoms with Gasteiger partial charge in [-0.1, -0.05) is 139 Å². The van der Waals surface area contributed by atoms with Crippen LogP contribution in [0.2, 0.25) is 0 Å². The number of esters is 1. The lowest BCUT2D eigenvalue weighted by molar-refractivity contribution is -0.154. The molecule has 0 radical (unpaired) electrons. The molecule has 1 aliphatic rings. The highest BCUT2D eigenvalue weighted by atomic mass is 16.5. The summed E-state index contributed by atoms with van der Waals surface area (Å²) in [6.45, 7) is 7.04. The maximum absolute atomic E-state index is 13.6. The summed E-state index contributed by atoms with van der Waals surface area (Å²) in [4.78, 5) is 13.6. The summed E-state index contributed by atoms with van der Waals surface area (Å²) in [5, 5.41) is 0. The van der Waals surface area contributed by atoms with Gasteiger partial charge in [0, 0.05) is 0 Å². The zero-order valence-electron chi connectivity index (χ0n) is 21.4. The molecule has 0 amide bonds. The lowest BCUT2D eigenvalue weighted by Crippen LogP contribution is -2.34. The Bertz CT molecular complexity index is 941. The molecule has 0 aliphatic heterocycles. The smallest absolute Gasteiger partial charge is 0.316 e. The van der Waals surface area contributed by atoms with Crippen molar-refractivity contribution in [3.63, 3.8) is 0 Å². The van der Waals surface area contributed by atoms with Gasteiger partial charge in [-0.15, -0.1) is 0 Å². The Morgan fingerprint density at radius 2 is 1.50 bits per heavy atom. The number of hydrogen-bond donors (Lipinski definition) is 0. The van der Waals surface area contributed by atoms with Gasteiger partial charge in [0.25, 0.3) is 0 Å². The van der Waals surface area contributed by atoms with Crippen LogP contribution in [0.1, 0.15) is 89.7 Å². The highest BCUT2D eigenvalue weighted by molar-refractivity contribution is 5.99. The van der Waals surface area contributed by atoms with Crippen molar-refractivity contribution >= 4 is 17.1 Å². The molecule has 182 valence electrons. The van der Waals surface area contributed by atoms with Gasteiger partial charge in [0.2, 0.25) is 0 Å². The Kier molecular flexibility index (Phi) is 10.2. The first-order valence-electron chi connectivity index (χ1n) is 13.3. The molecule has 0 saturated carbocycles. The third kappa shape index (κ3) is 6.95. The molecule has 2 heteroatoms. The molecule has 2 atom stereocenters. The predicted molar refractivity (Wildman–Crippen MR) is 144 cm³/mol. The molecular formula is C32H42O2. The van der Waals surface area contributed by atoms with Gasteiger partial charge in [0.15, 0.2) is 0 Å². The van der Waals surface area contributed by atoms with E-state index in [0.29, 0.717) is 18.9 Å². The summed E-state index contributed by atoms with van der Waals surface area (Å²) in [6, 6.07) is 21.1. The second kappa shape index (κ2) is 13.3. The van der Waals surface area contributed by atoms with E-state index in [1.807, 2.05) is 6.07 Å². The van der Waals surface area contributed by atoms with Crippen LogP contribution < -0.4 is 0 Å². The number of benzene rings is 2. The summed E-state index contributed by atoms with van der Waals surface area (Å²) in [5.41, 5.74) is 4.23. The molecule has 0 saturated heterocycles. The van der Waals surface area contributed by atoms with Crippen LogP contribution in [0.25, 0.3) is 11.1 Å². The average Bonchev–Trinajstić information content (AvgIpc) is 2.90. The van der Waals surface area contributed by atoms with E-state index in [-0.39, 0.29) is 5.97 Å². The van der Waals surface area contributed by atoms with Crippen LogP contribution in [0.4, 0.5) is 0 Å². The van der Waals surface area contributed by atoms with E-state index in [1.54, 1.807) is 0 Å². The topological polar surface area (TPSA) is 26.3 Å². The van der Waals surface area contributed by atoms with Crippen molar-refractivity contribution < 1.29 is 9.53 Å². The van der Waals surface area contributed by atoms with Crippen LogP contribution in [0.15, 0.2) is 72.8 Å². The Morgan fingerprint density at radius 3 is 2.15 bits per heavy atom. The van der Waals surface area contributed by atoms with Crippen molar-refractivity contribution in [2.24, 2.45) is 11.3 Å². The lowest BCUT2D eigenvalue weighted by Gasteiger charge is -2.34. The fourth-order valence-corrected chi connectivity index (χ4v) is 4.71. The molecule has 0 fully saturated rings. The standard InChI is InChI=1S/C32H42O2/c1-4-6-7-8-9-16-22-32(31(33)34-25-26(3)5-2)23-21-29(27-17-12-10-13-18-27)30(24-32)28-19-14-11-15-20-28/h10-15,17-21,23,26H,4-9,16,22,24-25H2,1-3H3. The van der Waals surface area contributed by atoms with E-state index in [9.17, 15) is 4.79 Å². The maximum Gasteiger partial charge on any atom is 0.316 e. The maximum atomic E-state index is 13.6. The van der Waals surface area contributed by atoms with E-state index in [2.05, 4.69) is 87.5 Å². The van der Waals surface area contributed by atoms with Crippen molar-refractivity contribution in [1.29, 1.82) is 0 Å². The first-order chi connectivity index (χ1) is 16.6. The number of carbonyl (C=O) groups is 1. The summed E-state index contributed by atoms with van der Waals surface area (Å²) in [7, 11) is 0. The highest BCUT2D eigenvalue weighted by Gasteiger charge is 2.40. The molecule has 2 nitrogen and oxygen atoms in total. The van der Waals surface area contributed by atoms with Gasteiger partial charge in [-0.25, -0.2) is 0 Å². The number of unbranched alkanes of at least 4 members (excludes halogenated alkanes) is 5. The number of ether oxygens (including phenoxy) is 1. The van der Waals surface area contributed by atoms with Gasteiger partial charge in [-0.2, -0.15) is 0 Å². The number of carbonyl (C=O) groups excluding carboxylic acids is 1. The van der Waals surface area contributed by atoms with Crippen LogP contribution >= 0.6 is 0 Å². The summed E-state index contributed by atoms with van der Waals surface area (Å²) < 4.78 is 5.95. The van der Waals surface area contributed by atoms with Crippen LogP contribution in [0, 0.1) is 11.3 Å². The summed E-state index contributed by atoms with van der Waals surface area (Å²) in [5.74, 6) is 0.324. The monoisotopic (exact) mass is 458 g/mol. The first kappa shape index (κ1) is 26.0. The molecule has 0 heterocycles. The van der Waals surface area contributed by atoms with Crippen LogP contribution in [-0.2, 0) is 9.53 Å². The Hall–Kier alpha value is -2.61. The lowest BCUT2D eigenvalue weighted by atomic mass is 9.70. The van der Waals surface area contributed by atoms with Crippen molar-refractivity contribution in [2.45, 2.75) is 78.6 Å². The normalized spacial score (nSPS) is 18.7. The third-order valence-corrected chi connectivity index (χ3v) is 7.17. The minimum atomic E-state index is -0.596. The molecule has 2 aromatic rings. The van der Waals surface area contributed by atoms with E-state index >= 15 is 0 Å². The zero-order chi connectivity index (χ0) is 24.2. The van der Waals surface area contributed by atoms with Crippen LogP contribution in [0.5, 0.6) is 0 Å². The molecule has 0 bridgehead atoms. The Morgan fingerprint density at radius 1 is 0.882 bits per heavy atom. The molecule has 0 N–H and O–H groups in total. The van der Waals surface area contributed by atoms with Crippen molar-refractivity contribution in [1.82, 2.24) is 0 Å². The predicted octanol–water partition coefficient (Wildman–Crippen LogP) is 8.88. The van der Waals surface area contributed by atoms with Gasteiger partial charge in [-0.05, 0) is 41.0 Å². The number of rotatable bonds is 13. The Balaban J connectivity index is 1.90. The van der Waals surface area contributed by atoms with Crippen molar-refractivity contribution in [2.75, 3.05) is 6.61 Å². The SMILES string of the molecule is CCCCCCCCC1(C(=O)OCC(C)CC)C=CC(c2ccccc2)=C(c2ccccc2)C1. The molecule has 3 rings (SSSR count). The van der Waals surface area contributed by atoms with E-state index < -0.39 is 5.41 Å². The van der Waals surface area contributed by atoms with Gasteiger partial charge >= 0.3 is 5.97 Å². The summed E-state index contributed by atoms with van der Waals surface area (Å²) in [6.07, 6.45) is 14.2. The average molecular weight is 459 g/mol. The quantitative estimate of drug-likeness (QED) is 0.221. The second-order valence-corrected chi connectivity index (χ2v) is 9.92. The molecule has 2 unspecified atom stereocenters. The molecule has 2 aromatic carbocycles. The fourth-order valence-electron chi connectivity index (χ4n) is 4.71. The Labute approximate surface area is 207 Å². The molecule has 0 spiro atoms. The largest absolute Gasteiger partial charge is 0.465 e. The van der Waals surface area contributed by atoms with Crippen LogP contribution in [0.3, 0.4) is 0 Å². The molecular weight excluding hydrogens is 416 g/mol. The van der Waals surface area contributed by atoms with Gasteiger partial charge in [0.05, 0.1) is 12.0 Å². The fraction of sp³-hybridized carbons (Fsp3) is 0.469. The third-order valence-electron chi connectivity index (χ3n) is 7.17. The van der Waals surface area contributed by atoms with E-state index in [1.165, 1.54) is 54.4 Å². The van der Waals surface area contributed by atoms with Gasteiger partial charge in [0.1, 0.15) is 0 Å². The van der Waals surface area contributed by atoms with Crippen molar-refractivity contribution in [3.8, 4) is 0 Å². The first-order valence-corrected chi connectivity index (χ1v) is 13.3. The van der Waals surface area contributed by atoms with Crippen LogP contribution in [-0.4, -0.2) is 12.6 Å². The van der Waals surface area contributed by atoms with Gasteiger partial charge < -0.3 is 4.74 Å². The minimum absolute atomic E-state index is 0.0573. The second-order valence-electron chi connectivity index (χ2n) is 9.92. The minimum Gasteiger partial charge on any atom is -0.465 e. The molecule has 1 aliphatic carbocycles.